The number of nitrogens with zero attached hydrogens (tertiary/aromatic N) is 1. The van der Waals surface area contributed by atoms with Crippen molar-refractivity contribution in [3.05, 3.63) is 0 Å². The third kappa shape index (κ3) is 6.20. The van der Waals surface area contributed by atoms with Crippen LogP contribution in [0.25, 0.3) is 0 Å². The van der Waals surface area contributed by atoms with Gasteiger partial charge in [0.1, 0.15) is 5.60 Å². The van der Waals surface area contributed by atoms with E-state index in [0.29, 0.717) is 13.1 Å². The number of alkyl carbamates (subject to hydrolysis) is 1. The molecule has 1 aliphatic carbocycles. The van der Waals surface area contributed by atoms with Crippen LogP contribution in [-0.2, 0) is 4.74 Å². The van der Waals surface area contributed by atoms with Crippen LogP contribution in [0, 0.1) is 5.92 Å². The lowest BCUT2D eigenvalue weighted by Crippen LogP contribution is -2.44. The molecule has 4 atom stereocenters. The number of rotatable bonds is 5. The molecular weight excluding hydrogens is 272 g/mol. The number of hydrogen-bond donors (Lipinski definition) is 3. The van der Waals surface area contributed by atoms with Crippen molar-refractivity contribution >= 4 is 6.09 Å². The molecular formula is C15H30N2O4. The van der Waals surface area contributed by atoms with E-state index in [2.05, 4.69) is 5.32 Å². The summed E-state index contributed by atoms with van der Waals surface area (Å²) in [6, 6.07) is 0.0324. The van der Waals surface area contributed by atoms with Crippen molar-refractivity contribution in [2.45, 2.75) is 64.4 Å². The molecule has 2 unspecified atom stereocenters. The summed E-state index contributed by atoms with van der Waals surface area (Å²) < 4.78 is 5.18. The van der Waals surface area contributed by atoms with Crippen LogP contribution in [0.1, 0.15) is 40.5 Å². The Labute approximate surface area is 127 Å². The van der Waals surface area contributed by atoms with Crippen molar-refractivity contribution in [2.24, 2.45) is 5.92 Å². The fourth-order valence-electron chi connectivity index (χ4n) is 2.83. The minimum Gasteiger partial charge on any atom is -0.444 e. The molecule has 0 aromatic rings. The van der Waals surface area contributed by atoms with E-state index in [9.17, 15) is 15.0 Å². The maximum absolute atomic E-state index is 11.6. The van der Waals surface area contributed by atoms with Gasteiger partial charge in [-0.2, -0.15) is 0 Å². The minimum absolute atomic E-state index is 0.0268. The van der Waals surface area contributed by atoms with Gasteiger partial charge in [0.2, 0.25) is 0 Å². The third-order valence-corrected chi connectivity index (χ3v) is 3.74. The van der Waals surface area contributed by atoms with Crippen LogP contribution in [0.15, 0.2) is 0 Å². The number of carbonyl (C=O) groups excluding carboxylic acids is 1. The Morgan fingerprint density at radius 1 is 1.43 bits per heavy atom. The van der Waals surface area contributed by atoms with E-state index in [1.165, 1.54) is 0 Å². The molecule has 0 heterocycles. The van der Waals surface area contributed by atoms with Gasteiger partial charge in [0.25, 0.3) is 0 Å². The summed E-state index contributed by atoms with van der Waals surface area (Å²) in [5.41, 5.74) is -0.515. The first kappa shape index (κ1) is 18.2. The Balaban J connectivity index is 2.40. The predicted octanol–water partition coefficient (Wildman–Crippen LogP) is 0.963. The van der Waals surface area contributed by atoms with E-state index < -0.39 is 23.9 Å². The first-order valence-electron chi connectivity index (χ1n) is 7.63. The quantitative estimate of drug-likeness (QED) is 0.705. The maximum Gasteiger partial charge on any atom is 0.407 e. The van der Waals surface area contributed by atoms with Gasteiger partial charge in [-0.05, 0) is 47.6 Å². The highest BCUT2D eigenvalue weighted by Gasteiger charge is 2.37. The molecule has 1 amide bonds. The number of carbonyl (C=O) groups is 1. The van der Waals surface area contributed by atoms with Gasteiger partial charge in [-0.3, -0.25) is 4.90 Å². The highest BCUT2D eigenvalue weighted by molar-refractivity contribution is 5.67. The lowest BCUT2D eigenvalue weighted by molar-refractivity contribution is 0.0329. The molecule has 0 spiro atoms. The lowest BCUT2D eigenvalue weighted by atomic mass is 10.0. The van der Waals surface area contributed by atoms with Crippen molar-refractivity contribution in [3.63, 3.8) is 0 Å². The Morgan fingerprint density at radius 2 is 2.05 bits per heavy atom. The van der Waals surface area contributed by atoms with Crippen molar-refractivity contribution in [1.29, 1.82) is 0 Å². The smallest absolute Gasteiger partial charge is 0.407 e. The lowest BCUT2D eigenvalue weighted by Gasteiger charge is -2.29. The first-order valence-corrected chi connectivity index (χ1v) is 7.63. The molecule has 0 bridgehead atoms. The molecule has 124 valence electrons. The van der Waals surface area contributed by atoms with Gasteiger partial charge in [0, 0.05) is 25.0 Å². The van der Waals surface area contributed by atoms with Crippen LogP contribution in [0.4, 0.5) is 4.79 Å². The average molecular weight is 302 g/mol. The van der Waals surface area contributed by atoms with Crippen molar-refractivity contribution in [3.8, 4) is 0 Å². The summed E-state index contributed by atoms with van der Waals surface area (Å²) in [7, 11) is 1.91. The topological polar surface area (TPSA) is 82.0 Å². The number of aliphatic hydroxyl groups is 2. The molecule has 1 fully saturated rings. The van der Waals surface area contributed by atoms with E-state index in [-0.39, 0.29) is 12.0 Å². The molecule has 0 aliphatic heterocycles. The average Bonchev–Trinajstić information content (AvgIpc) is 2.65. The molecule has 1 aliphatic rings. The van der Waals surface area contributed by atoms with E-state index >= 15 is 0 Å². The van der Waals surface area contributed by atoms with Gasteiger partial charge >= 0.3 is 6.09 Å². The van der Waals surface area contributed by atoms with E-state index in [0.717, 1.165) is 12.8 Å². The second kappa shape index (κ2) is 7.42. The number of ether oxygens (including phenoxy) is 1. The Bertz CT molecular complexity index is 341. The van der Waals surface area contributed by atoms with Crippen molar-refractivity contribution in [1.82, 2.24) is 10.2 Å². The van der Waals surface area contributed by atoms with E-state index in [4.69, 9.17) is 4.74 Å². The number of amides is 1. The van der Waals surface area contributed by atoms with Crippen LogP contribution in [0.5, 0.6) is 0 Å². The molecule has 1 saturated carbocycles. The Kier molecular flexibility index (Phi) is 6.43. The van der Waals surface area contributed by atoms with E-state index in [1.807, 2.05) is 32.7 Å². The molecule has 0 aromatic carbocycles. The summed E-state index contributed by atoms with van der Waals surface area (Å²) in [6.45, 7) is 8.14. The number of aliphatic hydroxyl groups excluding tert-OH is 2. The third-order valence-electron chi connectivity index (χ3n) is 3.74. The largest absolute Gasteiger partial charge is 0.444 e. The summed E-state index contributed by atoms with van der Waals surface area (Å²) in [4.78, 5) is 13.6. The second-order valence-corrected chi connectivity index (χ2v) is 7.07. The fraction of sp³-hybridized carbons (Fsp3) is 0.933. The Morgan fingerprint density at radius 3 is 2.57 bits per heavy atom. The zero-order chi connectivity index (χ0) is 16.2. The fourth-order valence-corrected chi connectivity index (χ4v) is 2.83. The molecule has 1 rings (SSSR count). The number of nitrogens with one attached hydrogen (secondary N) is 1. The normalized spacial score (nSPS) is 27.7. The molecule has 0 radical (unpaired) electrons. The van der Waals surface area contributed by atoms with Gasteiger partial charge in [0.15, 0.2) is 0 Å². The molecule has 6 nitrogen and oxygen atoms in total. The zero-order valence-corrected chi connectivity index (χ0v) is 13.8. The summed E-state index contributed by atoms with van der Waals surface area (Å²) in [6.07, 6.45) is 0.358. The summed E-state index contributed by atoms with van der Waals surface area (Å²) >= 11 is 0. The van der Waals surface area contributed by atoms with Crippen molar-refractivity contribution < 1.29 is 19.7 Å². The summed E-state index contributed by atoms with van der Waals surface area (Å²) in [5, 5.41) is 22.5. The van der Waals surface area contributed by atoms with Gasteiger partial charge in [-0.15, -0.1) is 0 Å². The van der Waals surface area contributed by atoms with Gasteiger partial charge in [-0.1, -0.05) is 0 Å². The van der Waals surface area contributed by atoms with Crippen LogP contribution in [0.2, 0.25) is 0 Å². The van der Waals surface area contributed by atoms with Gasteiger partial charge in [0.05, 0.1) is 12.2 Å². The second-order valence-electron chi connectivity index (χ2n) is 7.07. The highest BCUT2D eigenvalue weighted by atomic mass is 16.6. The standard InChI is InChI=1S/C15H30N2O4/c1-10(18)9-17(5)12-7-6-11(13(12)19)8-16-14(20)21-15(2,3)4/h10-13,18-19H,6-9H2,1-5H3,(H,16,20)/t10?,11-,12?,13+/m0/s1. The zero-order valence-electron chi connectivity index (χ0n) is 13.8. The minimum atomic E-state index is -0.515. The van der Waals surface area contributed by atoms with Crippen LogP contribution in [0.3, 0.4) is 0 Å². The number of likely N-dealkylation sites (N-methyl/N-ethyl adjacent to an activating group) is 1. The predicted molar refractivity (Wildman–Crippen MR) is 81.1 cm³/mol. The Hall–Kier alpha value is -0.850. The monoisotopic (exact) mass is 302 g/mol. The van der Waals surface area contributed by atoms with Crippen LogP contribution >= 0.6 is 0 Å². The molecule has 21 heavy (non-hydrogen) atoms. The first-order chi connectivity index (χ1) is 9.60. The van der Waals surface area contributed by atoms with Crippen LogP contribution < -0.4 is 5.32 Å². The number of hydrogen-bond acceptors (Lipinski definition) is 5. The van der Waals surface area contributed by atoms with Crippen molar-refractivity contribution in [2.75, 3.05) is 20.1 Å². The van der Waals surface area contributed by atoms with Crippen LogP contribution in [-0.4, -0.2) is 65.2 Å². The maximum atomic E-state index is 11.6. The molecule has 0 saturated heterocycles. The van der Waals surface area contributed by atoms with E-state index in [1.54, 1.807) is 6.92 Å². The molecule has 6 heteroatoms. The van der Waals surface area contributed by atoms with Gasteiger partial charge in [-0.25, -0.2) is 4.79 Å². The summed E-state index contributed by atoms with van der Waals surface area (Å²) in [5.74, 6) is 0.0268. The van der Waals surface area contributed by atoms with Gasteiger partial charge < -0.3 is 20.3 Å². The molecule has 3 N–H and O–H groups in total. The molecule has 0 aromatic heterocycles. The highest BCUT2D eigenvalue weighted by Crippen LogP contribution is 2.29. The SMILES string of the molecule is CC(O)CN(C)C1CC[C@@H](CNC(=O)OC(C)(C)C)[C@H]1O.